The van der Waals surface area contributed by atoms with E-state index in [9.17, 15) is 0 Å². The molecule has 0 aliphatic rings. The topological polar surface area (TPSA) is 35.8 Å². The van der Waals surface area contributed by atoms with Crippen LogP contribution in [0.4, 0.5) is 11.4 Å². The molecule has 90 valence electrons. The Labute approximate surface area is 123 Å². The molecule has 2 aromatic carbocycles. The molecule has 0 aliphatic carbocycles. The number of hydrogen-bond donors (Lipinski definition) is 1. The minimum Gasteiger partial charge on any atom is -0.353 e. The lowest BCUT2D eigenvalue weighted by atomic mass is 10.2. The Bertz CT molecular complexity index is 635. The zero-order valence-corrected chi connectivity index (χ0v) is 12.1. The monoisotopic (exact) mass is 340 g/mol. The first-order valence-corrected chi connectivity index (χ1v) is 6.57. The molecule has 2 rings (SSSR count). The highest BCUT2D eigenvalue weighted by Gasteiger charge is 2.05. The van der Waals surface area contributed by atoms with E-state index in [1.54, 1.807) is 30.3 Å². The van der Waals surface area contributed by atoms with Crippen molar-refractivity contribution in [2.24, 2.45) is 0 Å². The second-order valence-electron chi connectivity index (χ2n) is 3.56. The van der Waals surface area contributed by atoms with Gasteiger partial charge in [0.15, 0.2) is 0 Å². The minimum atomic E-state index is 0.541. The van der Waals surface area contributed by atoms with Crippen LogP contribution in [0.15, 0.2) is 40.9 Å². The van der Waals surface area contributed by atoms with E-state index in [-0.39, 0.29) is 0 Å². The van der Waals surface area contributed by atoms with Crippen LogP contribution in [0.1, 0.15) is 5.56 Å². The lowest BCUT2D eigenvalue weighted by Gasteiger charge is -2.10. The Morgan fingerprint density at radius 2 is 1.78 bits per heavy atom. The van der Waals surface area contributed by atoms with Gasteiger partial charge in [-0.15, -0.1) is 0 Å². The number of anilines is 2. The molecule has 0 heterocycles. The van der Waals surface area contributed by atoms with Gasteiger partial charge in [0.2, 0.25) is 0 Å². The lowest BCUT2D eigenvalue weighted by molar-refractivity contribution is 1.46. The van der Waals surface area contributed by atoms with Crippen LogP contribution < -0.4 is 5.32 Å². The van der Waals surface area contributed by atoms with Crippen LogP contribution in [0, 0.1) is 11.3 Å². The predicted molar refractivity (Wildman–Crippen MR) is 78.6 cm³/mol. The first kappa shape index (κ1) is 13.2. The van der Waals surface area contributed by atoms with Crippen molar-refractivity contribution in [1.29, 1.82) is 5.26 Å². The van der Waals surface area contributed by atoms with Crippen LogP contribution in [0.2, 0.25) is 10.0 Å². The molecule has 0 aliphatic heterocycles. The van der Waals surface area contributed by atoms with Crippen LogP contribution in [0.3, 0.4) is 0 Å². The van der Waals surface area contributed by atoms with Crippen molar-refractivity contribution in [2.75, 3.05) is 5.32 Å². The normalized spacial score (nSPS) is 9.89. The second kappa shape index (κ2) is 5.62. The van der Waals surface area contributed by atoms with Crippen LogP contribution in [-0.2, 0) is 0 Å². The van der Waals surface area contributed by atoms with Gasteiger partial charge >= 0.3 is 0 Å². The molecule has 0 spiro atoms. The first-order valence-electron chi connectivity index (χ1n) is 5.02. The van der Waals surface area contributed by atoms with Crippen molar-refractivity contribution in [3.05, 3.63) is 56.5 Å². The number of hydrogen-bond acceptors (Lipinski definition) is 2. The number of benzene rings is 2. The maximum Gasteiger partial charge on any atom is 0.0992 e. The maximum atomic E-state index is 8.79. The Kier molecular flexibility index (Phi) is 4.13. The fourth-order valence-electron chi connectivity index (χ4n) is 1.42. The van der Waals surface area contributed by atoms with Gasteiger partial charge in [-0.25, -0.2) is 0 Å². The van der Waals surface area contributed by atoms with E-state index < -0.39 is 0 Å². The molecule has 0 amide bonds. The van der Waals surface area contributed by atoms with Gasteiger partial charge in [0.05, 0.1) is 28.0 Å². The third kappa shape index (κ3) is 2.97. The maximum absolute atomic E-state index is 8.79. The van der Waals surface area contributed by atoms with E-state index in [4.69, 9.17) is 28.5 Å². The van der Waals surface area contributed by atoms with Crippen LogP contribution >= 0.6 is 39.1 Å². The average Bonchev–Trinajstić information content (AvgIpc) is 2.34. The lowest BCUT2D eigenvalue weighted by Crippen LogP contribution is -1.92. The van der Waals surface area contributed by atoms with Crippen LogP contribution in [0.5, 0.6) is 0 Å². The predicted octanol–water partition coefficient (Wildman–Crippen LogP) is 5.37. The standard InChI is InChI=1S/C13H7BrCl2N2/c14-10-5-8(7-17)1-3-12(10)18-13-4-2-9(15)6-11(13)16/h1-6,18H. The van der Waals surface area contributed by atoms with Gasteiger partial charge in [-0.2, -0.15) is 5.26 Å². The number of nitriles is 1. The summed E-state index contributed by atoms with van der Waals surface area (Å²) in [6.07, 6.45) is 0. The van der Waals surface area contributed by atoms with Crippen molar-refractivity contribution < 1.29 is 0 Å². The number of halogens is 3. The molecule has 1 N–H and O–H groups in total. The smallest absolute Gasteiger partial charge is 0.0992 e. The largest absolute Gasteiger partial charge is 0.353 e. The Morgan fingerprint density at radius 1 is 1.06 bits per heavy atom. The third-order valence-electron chi connectivity index (χ3n) is 2.30. The quantitative estimate of drug-likeness (QED) is 0.796. The molecule has 0 unspecified atom stereocenters. The van der Waals surface area contributed by atoms with E-state index in [1.807, 2.05) is 6.07 Å². The summed E-state index contributed by atoms with van der Waals surface area (Å²) < 4.78 is 0.799. The molecule has 0 fully saturated rings. The molecule has 0 saturated carbocycles. The van der Waals surface area contributed by atoms with Crippen molar-refractivity contribution in [3.8, 4) is 6.07 Å². The average molecular weight is 342 g/mol. The summed E-state index contributed by atoms with van der Waals surface area (Å²) in [5, 5.41) is 13.1. The highest BCUT2D eigenvalue weighted by atomic mass is 79.9. The molecule has 0 aromatic heterocycles. The number of nitrogens with one attached hydrogen (secondary N) is 1. The summed E-state index contributed by atoms with van der Waals surface area (Å²) in [6.45, 7) is 0. The highest BCUT2D eigenvalue weighted by Crippen LogP contribution is 2.31. The van der Waals surface area contributed by atoms with Gasteiger partial charge in [-0.1, -0.05) is 23.2 Å². The molecular formula is C13H7BrCl2N2. The van der Waals surface area contributed by atoms with Gasteiger partial charge in [-0.05, 0) is 52.3 Å². The third-order valence-corrected chi connectivity index (χ3v) is 3.50. The number of nitrogens with zero attached hydrogens (tertiary/aromatic N) is 1. The van der Waals surface area contributed by atoms with Gasteiger partial charge in [0.25, 0.3) is 0 Å². The fraction of sp³-hybridized carbons (Fsp3) is 0. The van der Waals surface area contributed by atoms with Gasteiger partial charge in [0.1, 0.15) is 0 Å². The van der Waals surface area contributed by atoms with Crippen molar-refractivity contribution in [3.63, 3.8) is 0 Å². The van der Waals surface area contributed by atoms with E-state index in [2.05, 4.69) is 27.3 Å². The first-order chi connectivity index (χ1) is 8.60. The van der Waals surface area contributed by atoms with Crippen molar-refractivity contribution in [1.82, 2.24) is 0 Å². The number of rotatable bonds is 2. The summed E-state index contributed by atoms with van der Waals surface area (Å²) in [5.74, 6) is 0. The summed E-state index contributed by atoms with van der Waals surface area (Å²) in [7, 11) is 0. The Morgan fingerprint density at radius 3 is 2.39 bits per heavy atom. The van der Waals surface area contributed by atoms with E-state index in [1.165, 1.54) is 0 Å². The summed E-state index contributed by atoms with van der Waals surface area (Å²) in [5.41, 5.74) is 2.18. The minimum absolute atomic E-state index is 0.541. The molecule has 0 saturated heterocycles. The molecule has 5 heteroatoms. The molecule has 2 aromatic rings. The Balaban J connectivity index is 2.32. The highest BCUT2D eigenvalue weighted by molar-refractivity contribution is 9.10. The molecule has 0 atom stereocenters. The van der Waals surface area contributed by atoms with E-state index in [0.717, 1.165) is 15.8 Å². The van der Waals surface area contributed by atoms with Crippen LogP contribution in [0.25, 0.3) is 0 Å². The fourth-order valence-corrected chi connectivity index (χ4v) is 2.36. The van der Waals surface area contributed by atoms with Crippen molar-refractivity contribution >= 4 is 50.5 Å². The van der Waals surface area contributed by atoms with Crippen molar-refractivity contribution in [2.45, 2.75) is 0 Å². The van der Waals surface area contributed by atoms with E-state index in [0.29, 0.717) is 15.6 Å². The summed E-state index contributed by atoms with van der Waals surface area (Å²) in [4.78, 5) is 0. The molecule has 2 nitrogen and oxygen atoms in total. The molecule has 18 heavy (non-hydrogen) atoms. The zero-order chi connectivity index (χ0) is 13.1. The van der Waals surface area contributed by atoms with E-state index >= 15 is 0 Å². The zero-order valence-electron chi connectivity index (χ0n) is 9.05. The molecule has 0 radical (unpaired) electrons. The van der Waals surface area contributed by atoms with Gasteiger partial charge in [0, 0.05) is 9.50 Å². The summed E-state index contributed by atoms with van der Waals surface area (Å²) >= 11 is 15.3. The van der Waals surface area contributed by atoms with Gasteiger partial charge in [-0.3, -0.25) is 0 Å². The molecule has 0 bridgehead atoms. The van der Waals surface area contributed by atoms with Gasteiger partial charge < -0.3 is 5.32 Å². The summed E-state index contributed by atoms with van der Waals surface area (Å²) in [6, 6.07) is 12.6. The Hall–Kier alpha value is -1.21. The molecular weight excluding hydrogens is 335 g/mol. The SMILES string of the molecule is N#Cc1ccc(Nc2ccc(Cl)cc2Cl)c(Br)c1. The van der Waals surface area contributed by atoms with Crippen LogP contribution in [-0.4, -0.2) is 0 Å². The second-order valence-corrected chi connectivity index (χ2v) is 5.25.